The minimum atomic E-state index is -4.42. The van der Waals surface area contributed by atoms with Crippen molar-refractivity contribution in [2.24, 2.45) is 0 Å². The molecule has 0 saturated heterocycles. The van der Waals surface area contributed by atoms with Crippen LogP contribution in [0.5, 0.6) is 0 Å². The van der Waals surface area contributed by atoms with Gasteiger partial charge < -0.3 is 10.6 Å². The molecular formula is C23H23F3N4O. The highest BCUT2D eigenvalue weighted by Gasteiger charge is 2.30. The smallest absolute Gasteiger partial charge is 0.354 e. The highest BCUT2D eigenvalue weighted by atomic mass is 19.4. The number of halogens is 3. The maximum absolute atomic E-state index is 12.9. The number of rotatable bonds is 9. The fourth-order valence-electron chi connectivity index (χ4n) is 3.11. The van der Waals surface area contributed by atoms with Crippen LogP contribution < -0.4 is 10.6 Å². The van der Waals surface area contributed by atoms with Crippen LogP contribution in [0.3, 0.4) is 0 Å². The molecule has 3 rings (SSSR count). The van der Waals surface area contributed by atoms with Crippen molar-refractivity contribution in [2.75, 3.05) is 13.1 Å². The van der Waals surface area contributed by atoms with Crippen LogP contribution in [-0.2, 0) is 23.8 Å². The molecule has 0 aliphatic heterocycles. The molecule has 0 aliphatic rings. The predicted molar refractivity (Wildman–Crippen MR) is 111 cm³/mol. The normalized spacial score (nSPS) is 12.4. The number of hydrogen-bond donors (Lipinski definition) is 2. The van der Waals surface area contributed by atoms with Crippen LogP contribution in [0, 0.1) is 0 Å². The number of aromatic nitrogens is 2. The van der Waals surface area contributed by atoms with Crippen molar-refractivity contribution in [2.45, 2.75) is 25.1 Å². The van der Waals surface area contributed by atoms with Crippen molar-refractivity contribution < 1.29 is 18.0 Å². The lowest BCUT2D eigenvalue weighted by atomic mass is 10.0. The number of benzene rings is 1. The number of nitrogens with zero attached hydrogens (tertiary/aromatic N) is 2. The highest BCUT2D eigenvalue weighted by molar-refractivity contribution is 5.83. The third kappa shape index (κ3) is 6.89. The summed E-state index contributed by atoms with van der Waals surface area (Å²) in [6.45, 7) is 0.874. The van der Waals surface area contributed by atoms with Crippen LogP contribution in [0.1, 0.15) is 28.3 Å². The van der Waals surface area contributed by atoms with Gasteiger partial charge in [-0.1, -0.05) is 18.2 Å². The third-order valence-corrected chi connectivity index (χ3v) is 4.78. The zero-order valence-electron chi connectivity index (χ0n) is 16.8. The second kappa shape index (κ2) is 10.7. The summed E-state index contributed by atoms with van der Waals surface area (Å²) in [7, 11) is 0. The van der Waals surface area contributed by atoms with Crippen molar-refractivity contribution in [1.29, 1.82) is 0 Å². The molecule has 0 aliphatic carbocycles. The molecule has 0 radical (unpaired) electrons. The van der Waals surface area contributed by atoms with Crippen molar-refractivity contribution in [3.8, 4) is 0 Å². The number of pyridine rings is 2. The van der Waals surface area contributed by atoms with Gasteiger partial charge in [-0.05, 0) is 59.9 Å². The molecule has 5 nitrogen and oxygen atoms in total. The van der Waals surface area contributed by atoms with Gasteiger partial charge in [0.05, 0.1) is 5.56 Å². The second-order valence-electron chi connectivity index (χ2n) is 7.01. The minimum Gasteiger partial charge on any atom is -0.354 e. The quantitative estimate of drug-likeness (QED) is 0.545. The standard InChI is InChI=1S/C23H23F3N4O/c24-23(25,26)20-5-3-19(4-6-20)21(29-14-9-17-7-12-27-13-8-17)22(31)30-15-10-18-2-1-11-28-16-18/h1-8,11-13,16,21,29H,9-10,14-15H2,(H,30,31). The van der Waals surface area contributed by atoms with Gasteiger partial charge in [-0.3, -0.25) is 14.8 Å². The molecule has 1 amide bonds. The summed E-state index contributed by atoms with van der Waals surface area (Å²) in [4.78, 5) is 20.8. The van der Waals surface area contributed by atoms with E-state index in [2.05, 4.69) is 20.6 Å². The molecule has 2 N–H and O–H groups in total. The largest absolute Gasteiger partial charge is 0.416 e. The van der Waals surface area contributed by atoms with Crippen LogP contribution in [-0.4, -0.2) is 29.0 Å². The number of carbonyl (C=O) groups is 1. The van der Waals surface area contributed by atoms with Crippen LogP contribution in [0.15, 0.2) is 73.3 Å². The SMILES string of the molecule is O=C(NCCc1cccnc1)C(NCCc1ccncc1)c1ccc(C(F)(F)F)cc1. The molecule has 1 atom stereocenters. The molecule has 162 valence electrons. The van der Waals surface area contributed by atoms with Gasteiger partial charge in [0.15, 0.2) is 0 Å². The molecule has 0 fully saturated rings. The first-order valence-corrected chi connectivity index (χ1v) is 9.89. The van der Waals surface area contributed by atoms with Gasteiger partial charge >= 0.3 is 6.18 Å². The van der Waals surface area contributed by atoms with Gasteiger partial charge in [0.1, 0.15) is 6.04 Å². The maximum atomic E-state index is 12.9. The summed E-state index contributed by atoms with van der Waals surface area (Å²) in [6, 6.07) is 11.4. The monoisotopic (exact) mass is 428 g/mol. The number of hydrogen-bond acceptors (Lipinski definition) is 4. The van der Waals surface area contributed by atoms with Gasteiger partial charge in [0.2, 0.25) is 5.91 Å². The molecule has 2 heterocycles. The summed E-state index contributed by atoms with van der Waals surface area (Å²) in [5.74, 6) is -0.293. The number of carbonyl (C=O) groups excluding carboxylic acids is 1. The van der Waals surface area contributed by atoms with Gasteiger partial charge in [0, 0.05) is 37.9 Å². The number of nitrogens with one attached hydrogen (secondary N) is 2. The van der Waals surface area contributed by atoms with Gasteiger partial charge in [-0.2, -0.15) is 13.2 Å². The summed E-state index contributed by atoms with van der Waals surface area (Å²) < 4.78 is 38.7. The number of amides is 1. The van der Waals surface area contributed by atoms with E-state index in [1.165, 1.54) is 12.1 Å². The zero-order chi connectivity index (χ0) is 22.1. The average Bonchev–Trinajstić information content (AvgIpc) is 2.77. The lowest BCUT2D eigenvalue weighted by Crippen LogP contribution is -2.39. The fraction of sp³-hybridized carbons (Fsp3) is 0.261. The first kappa shape index (κ1) is 22.4. The predicted octanol–water partition coefficient (Wildman–Crippen LogP) is 3.73. The van der Waals surface area contributed by atoms with E-state index < -0.39 is 17.8 Å². The molecule has 1 unspecified atom stereocenters. The Balaban J connectivity index is 1.66. The molecule has 0 spiro atoms. The first-order chi connectivity index (χ1) is 14.9. The van der Waals surface area contributed by atoms with Crippen LogP contribution in [0.4, 0.5) is 13.2 Å². The summed E-state index contributed by atoms with van der Waals surface area (Å²) in [5, 5.41) is 6.03. The van der Waals surface area contributed by atoms with E-state index in [9.17, 15) is 18.0 Å². The fourth-order valence-corrected chi connectivity index (χ4v) is 3.11. The van der Waals surface area contributed by atoms with Crippen molar-refractivity contribution in [3.05, 3.63) is 95.6 Å². The first-order valence-electron chi connectivity index (χ1n) is 9.89. The molecule has 1 aromatic carbocycles. The lowest BCUT2D eigenvalue weighted by molar-refractivity contribution is -0.137. The third-order valence-electron chi connectivity index (χ3n) is 4.78. The summed E-state index contributed by atoms with van der Waals surface area (Å²) in [5.41, 5.74) is 1.76. The van der Waals surface area contributed by atoms with Crippen molar-refractivity contribution in [3.63, 3.8) is 0 Å². The number of alkyl halides is 3. The van der Waals surface area contributed by atoms with Gasteiger partial charge in [0.25, 0.3) is 0 Å². The van der Waals surface area contributed by atoms with E-state index in [1.807, 2.05) is 24.3 Å². The Morgan fingerprint density at radius 3 is 2.23 bits per heavy atom. The van der Waals surface area contributed by atoms with E-state index in [-0.39, 0.29) is 5.91 Å². The summed E-state index contributed by atoms with van der Waals surface area (Å²) in [6.07, 6.45) is 3.62. The van der Waals surface area contributed by atoms with Crippen LogP contribution in [0.25, 0.3) is 0 Å². The summed E-state index contributed by atoms with van der Waals surface area (Å²) >= 11 is 0. The van der Waals surface area contributed by atoms with E-state index in [0.29, 0.717) is 31.5 Å². The Morgan fingerprint density at radius 1 is 0.871 bits per heavy atom. The van der Waals surface area contributed by atoms with Crippen LogP contribution in [0.2, 0.25) is 0 Å². The molecule has 8 heteroatoms. The van der Waals surface area contributed by atoms with Crippen LogP contribution >= 0.6 is 0 Å². The van der Waals surface area contributed by atoms with Crippen molar-refractivity contribution in [1.82, 2.24) is 20.6 Å². The molecule has 31 heavy (non-hydrogen) atoms. The van der Waals surface area contributed by atoms with Gasteiger partial charge in [-0.15, -0.1) is 0 Å². The molecule has 2 aromatic heterocycles. The Bertz CT molecular complexity index is 948. The topological polar surface area (TPSA) is 66.9 Å². The van der Waals surface area contributed by atoms with E-state index >= 15 is 0 Å². The van der Waals surface area contributed by atoms with E-state index in [0.717, 1.165) is 23.3 Å². The second-order valence-corrected chi connectivity index (χ2v) is 7.01. The Morgan fingerprint density at radius 2 is 1.58 bits per heavy atom. The lowest BCUT2D eigenvalue weighted by Gasteiger charge is -2.20. The minimum absolute atomic E-state index is 0.293. The maximum Gasteiger partial charge on any atom is 0.416 e. The Kier molecular flexibility index (Phi) is 7.72. The molecule has 0 saturated carbocycles. The highest BCUT2D eigenvalue weighted by Crippen LogP contribution is 2.30. The van der Waals surface area contributed by atoms with Gasteiger partial charge in [-0.25, -0.2) is 0 Å². The zero-order valence-corrected chi connectivity index (χ0v) is 16.8. The van der Waals surface area contributed by atoms with E-state index in [4.69, 9.17) is 0 Å². The Hall–Kier alpha value is -3.26. The molecule has 0 bridgehead atoms. The van der Waals surface area contributed by atoms with Crippen molar-refractivity contribution >= 4 is 5.91 Å². The molecular weight excluding hydrogens is 405 g/mol. The Labute approximate surface area is 178 Å². The molecule has 3 aromatic rings. The van der Waals surface area contributed by atoms with E-state index in [1.54, 1.807) is 24.8 Å². The average molecular weight is 428 g/mol.